The van der Waals surface area contributed by atoms with Crippen molar-refractivity contribution in [2.75, 3.05) is 6.54 Å². The number of carboxylic acids is 1. The minimum atomic E-state index is -4.12. The number of halogens is 1. The number of carbonyl (C=O) groups is 1. The van der Waals surface area contributed by atoms with Crippen molar-refractivity contribution in [2.45, 2.75) is 30.7 Å². The van der Waals surface area contributed by atoms with Crippen molar-refractivity contribution in [3.05, 3.63) is 29.6 Å². The lowest BCUT2D eigenvalue weighted by Crippen LogP contribution is -2.40. The summed E-state index contributed by atoms with van der Waals surface area (Å²) < 4.78 is 39.5. The lowest BCUT2D eigenvalue weighted by atomic mass is 10.2. The first-order valence-electron chi connectivity index (χ1n) is 5.85. The van der Waals surface area contributed by atoms with E-state index in [1.807, 2.05) is 0 Å². The Bertz CT molecular complexity index is 594. The van der Waals surface area contributed by atoms with E-state index in [2.05, 4.69) is 0 Å². The van der Waals surface area contributed by atoms with Gasteiger partial charge in [0.05, 0.1) is 0 Å². The van der Waals surface area contributed by atoms with Crippen LogP contribution in [-0.2, 0) is 14.8 Å². The maximum Gasteiger partial charge on any atom is 0.322 e. The first kappa shape index (κ1) is 14.0. The van der Waals surface area contributed by atoms with E-state index in [1.54, 1.807) is 0 Å². The van der Waals surface area contributed by atoms with Crippen LogP contribution >= 0.6 is 0 Å². The van der Waals surface area contributed by atoms with Gasteiger partial charge in [-0.05, 0) is 31.4 Å². The second-order valence-electron chi connectivity index (χ2n) is 4.50. The first-order chi connectivity index (χ1) is 8.85. The van der Waals surface area contributed by atoms with E-state index in [4.69, 9.17) is 5.11 Å². The third kappa shape index (κ3) is 2.35. The highest BCUT2D eigenvalue weighted by atomic mass is 32.2. The van der Waals surface area contributed by atoms with Crippen molar-refractivity contribution >= 4 is 16.0 Å². The summed E-state index contributed by atoms with van der Waals surface area (Å²) >= 11 is 0. The van der Waals surface area contributed by atoms with Crippen LogP contribution in [0.3, 0.4) is 0 Å². The van der Waals surface area contributed by atoms with Gasteiger partial charge in [-0.3, -0.25) is 4.79 Å². The van der Waals surface area contributed by atoms with Gasteiger partial charge in [0.15, 0.2) is 0 Å². The number of hydrogen-bond acceptors (Lipinski definition) is 3. The van der Waals surface area contributed by atoms with Gasteiger partial charge in [-0.15, -0.1) is 0 Å². The van der Waals surface area contributed by atoms with E-state index in [-0.39, 0.29) is 18.5 Å². The fraction of sp³-hybridized carbons (Fsp3) is 0.417. The Morgan fingerprint density at radius 2 is 2.16 bits per heavy atom. The lowest BCUT2D eigenvalue weighted by molar-refractivity contribution is -0.140. The van der Waals surface area contributed by atoms with E-state index in [0.29, 0.717) is 6.42 Å². The lowest BCUT2D eigenvalue weighted by Gasteiger charge is -2.22. The van der Waals surface area contributed by atoms with Gasteiger partial charge in [-0.1, -0.05) is 12.1 Å². The molecule has 0 radical (unpaired) electrons. The van der Waals surface area contributed by atoms with Crippen molar-refractivity contribution in [1.29, 1.82) is 0 Å². The number of sulfonamides is 1. The van der Waals surface area contributed by atoms with Crippen LogP contribution in [0.2, 0.25) is 0 Å². The van der Waals surface area contributed by atoms with Gasteiger partial charge in [0.1, 0.15) is 16.8 Å². The molecule has 1 aromatic carbocycles. The molecule has 1 aromatic rings. The van der Waals surface area contributed by atoms with E-state index in [0.717, 1.165) is 10.4 Å². The smallest absolute Gasteiger partial charge is 0.322 e. The minimum Gasteiger partial charge on any atom is -0.480 e. The molecule has 1 aliphatic heterocycles. The van der Waals surface area contributed by atoms with Gasteiger partial charge in [-0.2, -0.15) is 4.31 Å². The number of aliphatic carboxylic acids is 1. The molecule has 0 spiro atoms. The molecule has 104 valence electrons. The molecule has 0 saturated carbocycles. The van der Waals surface area contributed by atoms with E-state index < -0.39 is 32.7 Å². The molecule has 1 saturated heterocycles. The molecular weight excluding hydrogens is 273 g/mol. The predicted molar refractivity (Wildman–Crippen MR) is 65.7 cm³/mol. The maximum absolute atomic E-state index is 13.8. The topological polar surface area (TPSA) is 74.7 Å². The van der Waals surface area contributed by atoms with Crippen LogP contribution in [0, 0.1) is 12.7 Å². The van der Waals surface area contributed by atoms with Gasteiger partial charge in [0.25, 0.3) is 0 Å². The third-order valence-electron chi connectivity index (χ3n) is 3.22. The minimum absolute atomic E-state index is 0.104. The number of aryl methyl sites for hydroxylation is 1. The van der Waals surface area contributed by atoms with Crippen molar-refractivity contribution in [2.24, 2.45) is 0 Å². The molecule has 1 fully saturated rings. The van der Waals surface area contributed by atoms with Crippen molar-refractivity contribution in [3.8, 4) is 0 Å². The van der Waals surface area contributed by atoms with Gasteiger partial charge in [-0.25, -0.2) is 12.8 Å². The Labute approximate surface area is 110 Å². The highest BCUT2D eigenvalue weighted by Gasteiger charge is 2.41. The van der Waals surface area contributed by atoms with Gasteiger partial charge in [0.2, 0.25) is 10.0 Å². The van der Waals surface area contributed by atoms with Gasteiger partial charge in [0, 0.05) is 6.54 Å². The molecule has 1 N–H and O–H groups in total. The van der Waals surface area contributed by atoms with Crippen molar-refractivity contribution in [3.63, 3.8) is 0 Å². The van der Waals surface area contributed by atoms with E-state index in [1.165, 1.54) is 19.1 Å². The fourth-order valence-electron chi connectivity index (χ4n) is 2.34. The van der Waals surface area contributed by atoms with Gasteiger partial charge < -0.3 is 5.11 Å². The number of hydrogen-bond donors (Lipinski definition) is 1. The molecule has 0 unspecified atom stereocenters. The average molecular weight is 287 g/mol. The Hall–Kier alpha value is -1.47. The zero-order chi connectivity index (χ0) is 14.2. The molecule has 5 nitrogen and oxygen atoms in total. The summed E-state index contributed by atoms with van der Waals surface area (Å²) in [7, 11) is -4.12. The first-order valence-corrected chi connectivity index (χ1v) is 7.29. The predicted octanol–water partition coefficient (Wildman–Crippen LogP) is 1.37. The summed E-state index contributed by atoms with van der Waals surface area (Å²) in [4.78, 5) is 10.6. The summed E-state index contributed by atoms with van der Waals surface area (Å²) in [6.07, 6.45) is 0.714. The number of nitrogens with zero attached hydrogens (tertiary/aromatic N) is 1. The molecule has 0 amide bonds. The monoisotopic (exact) mass is 287 g/mol. The maximum atomic E-state index is 13.8. The molecule has 0 bridgehead atoms. The third-order valence-corrected chi connectivity index (χ3v) is 5.31. The van der Waals surface area contributed by atoms with Crippen LogP contribution in [0.15, 0.2) is 23.1 Å². The largest absolute Gasteiger partial charge is 0.480 e. The van der Waals surface area contributed by atoms with Gasteiger partial charge >= 0.3 is 5.97 Å². The van der Waals surface area contributed by atoms with Crippen molar-refractivity contribution in [1.82, 2.24) is 4.31 Å². The summed E-state index contributed by atoms with van der Waals surface area (Å²) in [6.45, 7) is 1.59. The normalized spacial score (nSPS) is 20.6. The molecule has 0 aromatic heterocycles. The Kier molecular flexibility index (Phi) is 3.60. The second-order valence-corrected chi connectivity index (χ2v) is 6.33. The van der Waals surface area contributed by atoms with Crippen molar-refractivity contribution < 1.29 is 22.7 Å². The molecule has 1 heterocycles. The molecule has 19 heavy (non-hydrogen) atoms. The molecule has 7 heteroatoms. The summed E-state index contributed by atoms with van der Waals surface area (Å²) in [5.41, 5.74) is 0.274. The molecule has 2 rings (SSSR count). The summed E-state index contributed by atoms with van der Waals surface area (Å²) in [5, 5.41) is 9.03. The summed E-state index contributed by atoms with van der Waals surface area (Å²) in [5.74, 6) is -2.05. The van der Waals surface area contributed by atoms with Crippen LogP contribution in [0.5, 0.6) is 0 Å². The highest BCUT2D eigenvalue weighted by molar-refractivity contribution is 7.89. The van der Waals surface area contributed by atoms with Crippen LogP contribution in [0.4, 0.5) is 4.39 Å². The van der Waals surface area contributed by atoms with E-state index in [9.17, 15) is 17.6 Å². The quantitative estimate of drug-likeness (QED) is 0.911. The molecular formula is C12H14FNO4S. The second kappa shape index (κ2) is 4.90. The Morgan fingerprint density at radius 1 is 1.47 bits per heavy atom. The molecule has 0 aliphatic carbocycles. The summed E-state index contributed by atoms with van der Waals surface area (Å²) in [6, 6.07) is 2.86. The fourth-order valence-corrected chi connectivity index (χ4v) is 4.26. The molecule has 1 atom stereocenters. The standard InChI is InChI=1S/C12H14FNO4S/c1-8-4-2-5-9(13)11(8)19(17,18)14-7-3-6-10(14)12(15)16/h2,4-5,10H,3,6-7H2,1H3,(H,15,16)/t10-/m0/s1. The zero-order valence-electron chi connectivity index (χ0n) is 10.3. The zero-order valence-corrected chi connectivity index (χ0v) is 11.2. The Balaban J connectivity index is 2.51. The number of rotatable bonds is 3. The van der Waals surface area contributed by atoms with Crippen LogP contribution in [-0.4, -0.2) is 36.4 Å². The SMILES string of the molecule is Cc1cccc(F)c1S(=O)(=O)N1CCC[C@H]1C(=O)O. The highest BCUT2D eigenvalue weighted by Crippen LogP contribution is 2.29. The van der Waals surface area contributed by atoms with E-state index >= 15 is 0 Å². The van der Waals surface area contributed by atoms with Crippen LogP contribution < -0.4 is 0 Å². The number of carboxylic acid groups (broad SMARTS) is 1. The molecule has 1 aliphatic rings. The van der Waals surface area contributed by atoms with Crippen LogP contribution in [0.1, 0.15) is 18.4 Å². The Morgan fingerprint density at radius 3 is 2.74 bits per heavy atom. The van der Waals surface area contributed by atoms with Crippen LogP contribution in [0.25, 0.3) is 0 Å². The average Bonchev–Trinajstić information content (AvgIpc) is 2.77. The number of benzene rings is 1.